The Kier molecular flexibility index (Phi) is 7.93. The molecule has 2 aromatic carbocycles. The number of fused-ring (bicyclic) bond motifs is 2. The summed E-state index contributed by atoms with van der Waals surface area (Å²) in [4.78, 5) is 33.7. The van der Waals surface area contributed by atoms with Crippen LogP contribution >= 0.6 is 11.3 Å². The van der Waals surface area contributed by atoms with Crippen LogP contribution in [0.25, 0.3) is 22.2 Å². The van der Waals surface area contributed by atoms with Gasteiger partial charge in [0, 0.05) is 29.0 Å². The number of nitrogens with zero attached hydrogens (tertiary/aromatic N) is 3. The van der Waals surface area contributed by atoms with Crippen LogP contribution in [0.4, 0.5) is 5.69 Å². The van der Waals surface area contributed by atoms with Gasteiger partial charge in [0.25, 0.3) is 0 Å². The third kappa shape index (κ3) is 5.41. The molecule has 0 spiro atoms. The van der Waals surface area contributed by atoms with Gasteiger partial charge in [-0.25, -0.2) is 9.78 Å². The van der Waals surface area contributed by atoms with E-state index >= 15 is 0 Å². The van der Waals surface area contributed by atoms with Gasteiger partial charge >= 0.3 is 5.97 Å². The summed E-state index contributed by atoms with van der Waals surface area (Å²) < 4.78 is 7.63. The zero-order chi connectivity index (χ0) is 30.4. The predicted molar refractivity (Wildman–Crippen MR) is 174 cm³/mol. The van der Waals surface area contributed by atoms with Gasteiger partial charge in [-0.05, 0) is 86.4 Å². The molecular formula is C35H40N4O4S. The summed E-state index contributed by atoms with van der Waals surface area (Å²) in [7, 11) is 0. The molecule has 230 valence electrons. The highest BCUT2D eigenvalue weighted by atomic mass is 32.1. The molecule has 3 aliphatic rings. The Morgan fingerprint density at radius 1 is 1.05 bits per heavy atom. The summed E-state index contributed by atoms with van der Waals surface area (Å²) in [5.74, 6) is -0.548. The number of aromatic carboxylic acids is 1. The molecule has 8 nitrogen and oxygen atoms in total. The van der Waals surface area contributed by atoms with Crippen LogP contribution in [0.2, 0.25) is 0 Å². The van der Waals surface area contributed by atoms with E-state index in [4.69, 9.17) is 4.74 Å². The van der Waals surface area contributed by atoms with E-state index < -0.39 is 5.97 Å². The molecule has 0 radical (unpaired) electrons. The van der Waals surface area contributed by atoms with Gasteiger partial charge in [-0.2, -0.15) is 0 Å². The number of amides is 1. The van der Waals surface area contributed by atoms with Crippen molar-refractivity contribution in [3.05, 3.63) is 68.7 Å². The molecule has 1 aliphatic carbocycles. The quantitative estimate of drug-likeness (QED) is 0.241. The van der Waals surface area contributed by atoms with Gasteiger partial charge in [0.2, 0.25) is 5.91 Å². The van der Waals surface area contributed by atoms with Crippen molar-refractivity contribution in [2.75, 3.05) is 31.6 Å². The average Bonchev–Trinajstić information content (AvgIpc) is 3.56. The van der Waals surface area contributed by atoms with Crippen molar-refractivity contribution in [3.63, 3.8) is 0 Å². The van der Waals surface area contributed by atoms with Crippen LogP contribution in [0.1, 0.15) is 87.5 Å². The smallest absolute Gasteiger partial charge is 0.335 e. The Morgan fingerprint density at radius 2 is 1.84 bits per heavy atom. The first-order valence-corrected chi connectivity index (χ1v) is 16.8. The van der Waals surface area contributed by atoms with Crippen LogP contribution in [0.15, 0.2) is 36.4 Å². The lowest BCUT2D eigenvalue weighted by molar-refractivity contribution is -0.135. The summed E-state index contributed by atoms with van der Waals surface area (Å²) in [6.45, 7) is 6.57. The van der Waals surface area contributed by atoms with Crippen molar-refractivity contribution < 1.29 is 19.4 Å². The fourth-order valence-corrected chi connectivity index (χ4v) is 8.57. The van der Waals surface area contributed by atoms with Crippen LogP contribution < -0.4 is 5.32 Å². The van der Waals surface area contributed by atoms with Crippen molar-refractivity contribution in [2.45, 2.75) is 77.3 Å². The minimum atomic E-state index is -0.958. The number of morpholine rings is 1. The number of hydrogen-bond acceptors (Lipinski definition) is 6. The lowest BCUT2D eigenvalue weighted by Crippen LogP contribution is -2.42. The van der Waals surface area contributed by atoms with E-state index in [0.29, 0.717) is 32.2 Å². The SMILES string of the molecule is Cc1nc(C)c(C2CCc3cc(-c4c(C5CCCCC5)c5ccc(C(=O)O)cc5n4CC(=O)N4CCOCC4)ccc3N2)s1. The van der Waals surface area contributed by atoms with Gasteiger partial charge in [0.1, 0.15) is 6.54 Å². The molecule has 7 rings (SSSR count). The molecule has 4 heterocycles. The Hall–Kier alpha value is -3.69. The van der Waals surface area contributed by atoms with Crippen molar-refractivity contribution in [3.8, 4) is 11.3 Å². The van der Waals surface area contributed by atoms with Crippen LogP contribution in [0.5, 0.6) is 0 Å². The van der Waals surface area contributed by atoms with E-state index in [1.807, 2.05) is 11.0 Å². The van der Waals surface area contributed by atoms with Crippen LogP contribution in [0, 0.1) is 13.8 Å². The number of aryl methyl sites for hydroxylation is 3. The number of hydrogen-bond donors (Lipinski definition) is 2. The van der Waals surface area contributed by atoms with Crippen molar-refractivity contribution in [2.24, 2.45) is 0 Å². The number of anilines is 1. The largest absolute Gasteiger partial charge is 0.478 e. The maximum Gasteiger partial charge on any atom is 0.335 e. The summed E-state index contributed by atoms with van der Waals surface area (Å²) in [5, 5.41) is 15.9. The van der Waals surface area contributed by atoms with Crippen LogP contribution in [0.3, 0.4) is 0 Å². The zero-order valence-electron chi connectivity index (χ0n) is 25.5. The summed E-state index contributed by atoms with van der Waals surface area (Å²) in [6, 6.07) is 12.4. The fraction of sp³-hybridized carbons (Fsp3) is 0.457. The van der Waals surface area contributed by atoms with Gasteiger partial charge in [-0.1, -0.05) is 31.4 Å². The Labute approximate surface area is 262 Å². The molecule has 1 atom stereocenters. The van der Waals surface area contributed by atoms with Gasteiger partial charge in [-0.3, -0.25) is 4.79 Å². The number of aromatic nitrogens is 2. The van der Waals surface area contributed by atoms with Gasteiger partial charge in [0.15, 0.2) is 0 Å². The number of rotatable bonds is 6. The number of carboxylic acid groups (broad SMARTS) is 1. The highest BCUT2D eigenvalue weighted by Gasteiger charge is 2.30. The topological polar surface area (TPSA) is 96.7 Å². The highest BCUT2D eigenvalue weighted by Crippen LogP contribution is 2.46. The average molecular weight is 613 g/mol. The Balaban J connectivity index is 1.35. The maximum absolute atomic E-state index is 13.8. The van der Waals surface area contributed by atoms with Crippen molar-refractivity contribution in [1.82, 2.24) is 14.5 Å². The molecule has 2 aromatic heterocycles. The van der Waals surface area contributed by atoms with E-state index in [2.05, 4.69) is 46.9 Å². The van der Waals surface area contributed by atoms with Gasteiger partial charge < -0.3 is 24.6 Å². The van der Waals surface area contributed by atoms with Gasteiger partial charge in [0.05, 0.1) is 46.7 Å². The second-order valence-electron chi connectivity index (χ2n) is 12.5. The molecule has 2 aliphatic heterocycles. The normalized spacial score (nSPS) is 19.1. The number of thiazole rings is 1. The van der Waals surface area contributed by atoms with Crippen molar-refractivity contribution >= 4 is 39.8 Å². The lowest BCUT2D eigenvalue weighted by Gasteiger charge is -2.29. The second kappa shape index (κ2) is 12.0. The minimum absolute atomic E-state index is 0.0417. The summed E-state index contributed by atoms with van der Waals surface area (Å²) >= 11 is 1.78. The molecule has 4 aromatic rings. The zero-order valence-corrected chi connectivity index (χ0v) is 26.3. The number of carboxylic acids is 1. The molecular weight excluding hydrogens is 572 g/mol. The number of nitrogens with one attached hydrogen (secondary N) is 1. The molecule has 2 fully saturated rings. The van der Waals surface area contributed by atoms with E-state index in [1.54, 1.807) is 23.5 Å². The molecule has 1 saturated carbocycles. The van der Waals surface area contributed by atoms with E-state index in [1.165, 1.54) is 35.3 Å². The number of benzene rings is 2. The molecule has 2 N–H and O–H groups in total. The second-order valence-corrected chi connectivity index (χ2v) is 13.7. The van der Waals surface area contributed by atoms with E-state index in [0.717, 1.165) is 64.2 Å². The Bertz CT molecular complexity index is 1730. The maximum atomic E-state index is 13.8. The minimum Gasteiger partial charge on any atom is -0.478 e. The number of carbonyl (C=O) groups is 2. The first-order chi connectivity index (χ1) is 21.4. The first kappa shape index (κ1) is 29.0. The Morgan fingerprint density at radius 3 is 2.57 bits per heavy atom. The molecule has 1 unspecified atom stereocenters. The summed E-state index contributed by atoms with van der Waals surface area (Å²) in [6.07, 6.45) is 7.76. The molecule has 44 heavy (non-hydrogen) atoms. The molecule has 9 heteroatoms. The molecule has 1 saturated heterocycles. The van der Waals surface area contributed by atoms with E-state index in [9.17, 15) is 14.7 Å². The molecule has 0 bridgehead atoms. The van der Waals surface area contributed by atoms with Crippen LogP contribution in [-0.4, -0.2) is 57.7 Å². The third-order valence-electron chi connectivity index (χ3n) is 9.69. The summed E-state index contributed by atoms with van der Waals surface area (Å²) in [5.41, 5.74) is 8.03. The number of ether oxygens (including phenoxy) is 1. The van der Waals surface area contributed by atoms with Gasteiger partial charge in [-0.15, -0.1) is 11.3 Å². The van der Waals surface area contributed by atoms with E-state index in [-0.39, 0.29) is 24.1 Å². The first-order valence-electron chi connectivity index (χ1n) is 16.0. The fourth-order valence-electron chi connectivity index (χ4n) is 7.55. The van der Waals surface area contributed by atoms with Crippen molar-refractivity contribution in [1.29, 1.82) is 0 Å². The lowest BCUT2D eigenvalue weighted by atomic mass is 9.81. The molecule has 1 amide bonds. The predicted octanol–water partition coefficient (Wildman–Crippen LogP) is 7.09. The third-order valence-corrected chi connectivity index (χ3v) is 10.9. The monoisotopic (exact) mass is 612 g/mol. The highest BCUT2D eigenvalue weighted by molar-refractivity contribution is 7.11. The van der Waals surface area contributed by atoms with Crippen LogP contribution in [-0.2, 0) is 22.5 Å². The number of carbonyl (C=O) groups excluding carboxylic acids is 1. The standard InChI is InChI=1S/C35H40N4O4S/c1-21-34(44-22(2)36-21)29-13-9-24-18-25(10-12-28(24)37-29)33-32(23-6-4-3-5-7-23)27-11-8-26(35(41)42)19-30(27)39(33)20-31(40)38-14-16-43-17-15-38/h8,10-12,18-19,23,29,37H,3-7,9,13-17,20H2,1-2H3,(H,41,42).